The van der Waals surface area contributed by atoms with Crippen LogP contribution in [0.2, 0.25) is 0 Å². The average Bonchev–Trinajstić information content (AvgIpc) is 2.57. The number of pyridine rings is 1. The lowest BCUT2D eigenvalue weighted by Gasteiger charge is -2.24. The minimum Gasteiger partial charge on any atom is -0.353 e. The van der Waals surface area contributed by atoms with Crippen molar-refractivity contribution < 1.29 is 0 Å². The molecule has 1 aromatic rings. The molecule has 1 fully saturated rings. The van der Waals surface area contributed by atoms with Gasteiger partial charge >= 0.3 is 0 Å². The zero-order valence-corrected chi connectivity index (χ0v) is 11.0. The van der Waals surface area contributed by atoms with Crippen LogP contribution in [0.25, 0.3) is 0 Å². The summed E-state index contributed by atoms with van der Waals surface area (Å²) in [5.41, 5.74) is 2.34. The Hall–Kier alpha value is -0.760. The number of halogens is 1. The molecule has 2 nitrogen and oxygen atoms in total. The molecule has 1 aromatic heterocycles. The first kappa shape index (κ1) is 11.7. The van der Waals surface area contributed by atoms with Crippen molar-refractivity contribution in [1.82, 2.24) is 4.98 Å². The summed E-state index contributed by atoms with van der Waals surface area (Å²) in [6.45, 7) is 7.82. The molecule has 16 heavy (non-hydrogen) atoms. The monoisotopic (exact) mass is 238 g/mol. The third-order valence-electron chi connectivity index (χ3n) is 3.32. The van der Waals surface area contributed by atoms with Gasteiger partial charge in [-0.1, -0.05) is 6.92 Å². The van der Waals surface area contributed by atoms with E-state index >= 15 is 0 Å². The maximum atomic E-state index is 5.81. The van der Waals surface area contributed by atoms with E-state index in [2.05, 4.69) is 36.7 Å². The average molecular weight is 239 g/mol. The van der Waals surface area contributed by atoms with Crippen LogP contribution in [0.3, 0.4) is 0 Å². The minimum absolute atomic E-state index is 0.542. The molecule has 2 unspecified atom stereocenters. The number of anilines is 1. The fourth-order valence-electron chi connectivity index (χ4n) is 2.59. The van der Waals surface area contributed by atoms with E-state index in [1.54, 1.807) is 0 Å². The van der Waals surface area contributed by atoms with E-state index in [0.29, 0.717) is 11.9 Å². The second kappa shape index (κ2) is 4.62. The van der Waals surface area contributed by atoms with Crippen LogP contribution < -0.4 is 4.90 Å². The van der Waals surface area contributed by atoms with Crippen LogP contribution >= 0.6 is 11.6 Å². The maximum Gasteiger partial charge on any atom is 0.131 e. The summed E-state index contributed by atoms with van der Waals surface area (Å²) in [6.07, 6.45) is 3.16. The van der Waals surface area contributed by atoms with E-state index in [1.807, 2.05) is 6.20 Å². The topological polar surface area (TPSA) is 16.1 Å². The van der Waals surface area contributed by atoms with Gasteiger partial charge in [0.05, 0.1) is 0 Å². The number of aromatic nitrogens is 1. The Morgan fingerprint density at radius 2 is 2.25 bits per heavy atom. The molecule has 2 heterocycles. The molecule has 1 saturated heterocycles. The van der Waals surface area contributed by atoms with Crippen LogP contribution in [-0.4, -0.2) is 17.6 Å². The quantitative estimate of drug-likeness (QED) is 0.735. The molecule has 0 amide bonds. The Labute approximate surface area is 103 Å². The number of nitrogens with zero attached hydrogens (tertiary/aromatic N) is 2. The van der Waals surface area contributed by atoms with E-state index in [9.17, 15) is 0 Å². The third kappa shape index (κ3) is 2.17. The fraction of sp³-hybridized carbons (Fsp3) is 0.615. The molecule has 0 radical (unpaired) electrons. The summed E-state index contributed by atoms with van der Waals surface area (Å²) in [7, 11) is 0. The maximum absolute atomic E-state index is 5.81. The van der Waals surface area contributed by atoms with Gasteiger partial charge in [-0.15, -0.1) is 11.6 Å². The zero-order chi connectivity index (χ0) is 11.7. The predicted octanol–water partition coefficient (Wildman–Crippen LogP) is 3.36. The third-order valence-corrected chi connectivity index (χ3v) is 3.63. The van der Waals surface area contributed by atoms with Gasteiger partial charge in [-0.05, 0) is 43.4 Å². The van der Waals surface area contributed by atoms with Crippen molar-refractivity contribution >= 4 is 17.4 Å². The Morgan fingerprint density at radius 3 is 2.75 bits per heavy atom. The summed E-state index contributed by atoms with van der Waals surface area (Å²) in [5, 5.41) is 0. The van der Waals surface area contributed by atoms with Gasteiger partial charge in [0, 0.05) is 24.7 Å². The molecule has 3 heteroatoms. The summed E-state index contributed by atoms with van der Waals surface area (Å²) in [5.74, 6) is 2.44. The standard InChI is InChI=1S/C13H19ClN2/c1-9-4-11(3)16(8-9)13-10(2)5-12(6-14)7-15-13/h5,7,9,11H,4,6,8H2,1-3H3. The van der Waals surface area contributed by atoms with Crippen LogP contribution in [0.5, 0.6) is 0 Å². The Bertz CT molecular complexity index is 378. The van der Waals surface area contributed by atoms with E-state index < -0.39 is 0 Å². The molecule has 2 atom stereocenters. The minimum atomic E-state index is 0.542. The van der Waals surface area contributed by atoms with Gasteiger partial charge < -0.3 is 4.90 Å². The van der Waals surface area contributed by atoms with Gasteiger partial charge in [0.25, 0.3) is 0 Å². The van der Waals surface area contributed by atoms with Gasteiger partial charge in [0.2, 0.25) is 0 Å². The number of aryl methyl sites for hydroxylation is 1. The van der Waals surface area contributed by atoms with E-state index in [1.165, 1.54) is 12.0 Å². The zero-order valence-electron chi connectivity index (χ0n) is 10.2. The lowest BCUT2D eigenvalue weighted by molar-refractivity contribution is 0.625. The highest BCUT2D eigenvalue weighted by molar-refractivity contribution is 6.17. The summed E-state index contributed by atoms with van der Waals surface area (Å²) >= 11 is 5.81. The number of alkyl halides is 1. The SMILES string of the molecule is Cc1cc(CCl)cnc1N1CC(C)CC1C. The van der Waals surface area contributed by atoms with E-state index in [4.69, 9.17) is 11.6 Å². The van der Waals surface area contributed by atoms with Crippen LogP contribution in [0.1, 0.15) is 31.4 Å². The molecule has 1 aliphatic heterocycles. The van der Waals surface area contributed by atoms with Crippen LogP contribution in [0, 0.1) is 12.8 Å². The normalized spacial score (nSPS) is 25.1. The number of hydrogen-bond acceptors (Lipinski definition) is 2. The van der Waals surface area contributed by atoms with Crippen molar-refractivity contribution in [3.63, 3.8) is 0 Å². The van der Waals surface area contributed by atoms with Crippen LogP contribution in [0.4, 0.5) is 5.82 Å². The summed E-state index contributed by atoms with van der Waals surface area (Å²) < 4.78 is 0. The smallest absolute Gasteiger partial charge is 0.131 e. The molecule has 1 aliphatic rings. The van der Waals surface area contributed by atoms with Crippen LogP contribution in [0.15, 0.2) is 12.3 Å². The molecular formula is C13H19ClN2. The predicted molar refractivity (Wildman–Crippen MR) is 69.1 cm³/mol. The van der Waals surface area contributed by atoms with Crippen molar-refractivity contribution in [3.05, 3.63) is 23.4 Å². The highest BCUT2D eigenvalue weighted by Gasteiger charge is 2.27. The summed E-state index contributed by atoms with van der Waals surface area (Å²) in [4.78, 5) is 6.97. The van der Waals surface area contributed by atoms with Crippen molar-refractivity contribution in [1.29, 1.82) is 0 Å². The van der Waals surface area contributed by atoms with E-state index in [-0.39, 0.29) is 0 Å². The second-order valence-corrected chi connectivity index (χ2v) is 5.23. The highest BCUT2D eigenvalue weighted by Crippen LogP contribution is 2.29. The van der Waals surface area contributed by atoms with Crippen molar-refractivity contribution in [2.75, 3.05) is 11.4 Å². The molecule has 88 valence electrons. The van der Waals surface area contributed by atoms with E-state index in [0.717, 1.165) is 23.8 Å². The molecule has 0 spiro atoms. The largest absolute Gasteiger partial charge is 0.353 e. The molecule has 0 aromatic carbocycles. The summed E-state index contributed by atoms with van der Waals surface area (Å²) in [6, 6.07) is 2.74. The first-order valence-corrected chi connectivity index (χ1v) is 6.43. The second-order valence-electron chi connectivity index (χ2n) is 4.96. The first-order chi connectivity index (χ1) is 7.61. The van der Waals surface area contributed by atoms with Gasteiger partial charge in [0.15, 0.2) is 0 Å². The van der Waals surface area contributed by atoms with Gasteiger partial charge in [-0.3, -0.25) is 0 Å². The Morgan fingerprint density at radius 1 is 1.50 bits per heavy atom. The Balaban J connectivity index is 2.27. The van der Waals surface area contributed by atoms with Crippen molar-refractivity contribution in [3.8, 4) is 0 Å². The first-order valence-electron chi connectivity index (χ1n) is 5.90. The molecule has 0 N–H and O–H groups in total. The molecular weight excluding hydrogens is 220 g/mol. The Kier molecular flexibility index (Phi) is 3.38. The molecule has 0 saturated carbocycles. The number of hydrogen-bond donors (Lipinski definition) is 0. The molecule has 0 aliphatic carbocycles. The van der Waals surface area contributed by atoms with Gasteiger partial charge in [-0.25, -0.2) is 4.98 Å². The number of rotatable bonds is 2. The van der Waals surface area contributed by atoms with Crippen molar-refractivity contribution in [2.45, 2.75) is 39.1 Å². The van der Waals surface area contributed by atoms with Gasteiger partial charge in [-0.2, -0.15) is 0 Å². The lowest BCUT2D eigenvalue weighted by Crippen LogP contribution is -2.28. The van der Waals surface area contributed by atoms with Crippen molar-refractivity contribution in [2.24, 2.45) is 5.92 Å². The highest BCUT2D eigenvalue weighted by atomic mass is 35.5. The van der Waals surface area contributed by atoms with Crippen LogP contribution in [-0.2, 0) is 5.88 Å². The fourth-order valence-corrected chi connectivity index (χ4v) is 2.74. The van der Waals surface area contributed by atoms with Gasteiger partial charge in [0.1, 0.15) is 5.82 Å². The molecule has 2 rings (SSSR count). The molecule has 0 bridgehead atoms. The lowest BCUT2D eigenvalue weighted by atomic mass is 10.1.